The molecule has 0 unspecified atom stereocenters. The molecule has 0 atom stereocenters. The molecule has 0 heterocycles. The van der Waals surface area contributed by atoms with E-state index in [0.717, 1.165) is 0 Å². The third-order valence-corrected chi connectivity index (χ3v) is 2.50. The van der Waals surface area contributed by atoms with E-state index in [2.05, 4.69) is 10.2 Å². The lowest BCUT2D eigenvalue weighted by molar-refractivity contribution is -0.384. The van der Waals surface area contributed by atoms with Crippen molar-refractivity contribution in [3.63, 3.8) is 0 Å². The van der Waals surface area contributed by atoms with Crippen LogP contribution in [0, 0.1) is 13.7 Å². The highest BCUT2D eigenvalue weighted by Gasteiger charge is 2.07. The second kappa shape index (κ2) is 5.39. The molecule has 1 aromatic rings. The maximum atomic E-state index is 10.5. The highest BCUT2D eigenvalue weighted by Crippen LogP contribution is 2.18. The second-order valence-electron chi connectivity index (χ2n) is 2.73. The Labute approximate surface area is 105 Å². The number of nitro benzene ring substituents is 1. The molecule has 1 aromatic carbocycles. The van der Waals surface area contributed by atoms with Crippen LogP contribution in [0.3, 0.4) is 0 Å². The summed E-state index contributed by atoms with van der Waals surface area (Å²) in [6.07, 6.45) is 1.42. The van der Waals surface area contributed by atoms with Crippen molar-refractivity contribution in [2.45, 2.75) is 0 Å². The maximum absolute atomic E-state index is 10.5. The van der Waals surface area contributed by atoms with Crippen LogP contribution in [0.4, 0.5) is 5.69 Å². The normalized spacial score (nSPS) is 10.3. The molecule has 0 amide bonds. The molecule has 0 spiro atoms. The summed E-state index contributed by atoms with van der Waals surface area (Å²) in [6.45, 7) is 0. The zero-order chi connectivity index (χ0) is 12.1. The Morgan fingerprint density at radius 1 is 1.50 bits per heavy atom. The maximum Gasteiger partial charge on any atom is 0.270 e. The van der Waals surface area contributed by atoms with E-state index in [9.17, 15) is 10.1 Å². The number of guanidine groups is 1. The van der Waals surface area contributed by atoms with Crippen molar-refractivity contribution in [1.29, 1.82) is 0 Å². The van der Waals surface area contributed by atoms with Gasteiger partial charge in [-0.05, 0) is 28.7 Å². The first kappa shape index (κ1) is 12.4. The van der Waals surface area contributed by atoms with Gasteiger partial charge in [0.25, 0.3) is 5.69 Å². The number of benzene rings is 1. The summed E-state index contributed by atoms with van der Waals surface area (Å²) in [5.74, 6) is -0.145. The van der Waals surface area contributed by atoms with E-state index >= 15 is 0 Å². The highest BCUT2D eigenvalue weighted by atomic mass is 127. The summed E-state index contributed by atoms with van der Waals surface area (Å²) in [4.78, 5) is 10.0. The van der Waals surface area contributed by atoms with Crippen LogP contribution < -0.4 is 11.5 Å². The van der Waals surface area contributed by atoms with Gasteiger partial charge in [0.05, 0.1) is 11.1 Å². The zero-order valence-electron chi connectivity index (χ0n) is 8.00. The fraction of sp³-hybridized carbons (Fsp3) is 0. The molecule has 84 valence electrons. The Morgan fingerprint density at radius 3 is 2.69 bits per heavy atom. The average Bonchev–Trinajstić information content (AvgIpc) is 2.19. The quantitative estimate of drug-likeness (QED) is 0.279. The smallest absolute Gasteiger partial charge is 0.270 e. The first-order valence-electron chi connectivity index (χ1n) is 4.06. The van der Waals surface area contributed by atoms with Crippen LogP contribution in [-0.2, 0) is 0 Å². The number of nitrogens with two attached hydrogens (primary N) is 2. The molecule has 4 N–H and O–H groups in total. The van der Waals surface area contributed by atoms with Gasteiger partial charge in [0.2, 0.25) is 5.96 Å². The molecule has 0 aromatic heterocycles. The lowest BCUT2D eigenvalue weighted by Crippen LogP contribution is -2.21. The van der Waals surface area contributed by atoms with Crippen molar-refractivity contribution in [3.05, 3.63) is 37.4 Å². The minimum atomic E-state index is -0.459. The molecular formula is C8H8IN5O2. The van der Waals surface area contributed by atoms with Crippen LogP contribution in [-0.4, -0.2) is 17.1 Å². The van der Waals surface area contributed by atoms with E-state index in [1.807, 2.05) is 22.6 Å². The summed E-state index contributed by atoms with van der Waals surface area (Å²) in [7, 11) is 0. The van der Waals surface area contributed by atoms with Gasteiger partial charge in [-0.25, -0.2) is 0 Å². The van der Waals surface area contributed by atoms with Gasteiger partial charge >= 0.3 is 0 Å². The molecule has 1 rings (SSSR count). The largest absolute Gasteiger partial charge is 0.369 e. The third-order valence-electron chi connectivity index (χ3n) is 1.56. The van der Waals surface area contributed by atoms with E-state index < -0.39 is 4.92 Å². The van der Waals surface area contributed by atoms with Crippen molar-refractivity contribution in [2.75, 3.05) is 0 Å². The number of non-ortho nitro benzene ring substituents is 1. The Morgan fingerprint density at radius 2 is 2.19 bits per heavy atom. The second-order valence-corrected chi connectivity index (χ2v) is 3.89. The van der Waals surface area contributed by atoms with Gasteiger partial charge in [0.1, 0.15) is 0 Å². The molecule has 0 aliphatic heterocycles. The van der Waals surface area contributed by atoms with Crippen LogP contribution in [0.25, 0.3) is 0 Å². The number of nitrogens with zero attached hydrogens (tertiary/aromatic N) is 3. The predicted octanol–water partition coefficient (Wildman–Crippen LogP) is 0.807. The Kier molecular flexibility index (Phi) is 4.17. The molecule has 0 saturated heterocycles. The van der Waals surface area contributed by atoms with Crippen molar-refractivity contribution >= 4 is 40.5 Å². The van der Waals surface area contributed by atoms with Crippen LogP contribution in [0.15, 0.2) is 28.4 Å². The Hall–Kier alpha value is -1.71. The fourth-order valence-corrected chi connectivity index (χ4v) is 1.53. The molecule has 0 aliphatic carbocycles. The minimum absolute atomic E-state index is 0.0309. The van der Waals surface area contributed by atoms with Gasteiger partial charge in [0.15, 0.2) is 0 Å². The summed E-state index contributed by atoms with van der Waals surface area (Å²) in [6, 6.07) is 4.40. The van der Waals surface area contributed by atoms with E-state index in [4.69, 9.17) is 11.5 Å². The monoisotopic (exact) mass is 333 g/mol. The topological polar surface area (TPSA) is 120 Å². The summed E-state index contributed by atoms with van der Waals surface area (Å²) in [5, 5.41) is 17.5. The molecular weight excluding hydrogens is 325 g/mol. The lowest BCUT2D eigenvalue weighted by Gasteiger charge is -1.96. The molecule has 0 radical (unpaired) electrons. The number of halogens is 1. The van der Waals surface area contributed by atoms with Crippen molar-refractivity contribution in [2.24, 2.45) is 21.7 Å². The van der Waals surface area contributed by atoms with E-state index in [-0.39, 0.29) is 11.6 Å². The zero-order valence-corrected chi connectivity index (χ0v) is 10.2. The summed E-state index contributed by atoms with van der Waals surface area (Å²) >= 11 is 1.97. The first-order chi connectivity index (χ1) is 7.50. The minimum Gasteiger partial charge on any atom is -0.369 e. The molecule has 0 bridgehead atoms. The number of rotatable bonds is 3. The van der Waals surface area contributed by atoms with Crippen molar-refractivity contribution in [3.8, 4) is 0 Å². The summed E-state index contributed by atoms with van der Waals surface area (Å²) < 4.78 is 0.696. The highest BCUT2D eigenvalue weighted by molar-refractivity contribution is 14.1. The predicted molar refractivity (Wildman–Crippen MR) is 69.2 cm³/mol. The van der Waals surface area contributed by atoms with Gasteiger partial charge in [-0.2, -0.15) is 5.10 Å². The van der Waals surface area contributed by atoms with Crippen LogP contribution >= 0.6 is 22.6 Å². The Balaban J connectivity index is 2.96. The number of nitro groups is 1. The molecule has 0 saturated carbocycles. The van der Waals surface area contributed by atoms with Crippen molar-refractivity contribution in [1.82, 2.24) is 0 Å². The average molecular weight is 333 g/mol. The van der Waals surface area contributed by atoms with Gasteiger partial charge in [-0.3, -0.25) is 10.1 Å². The van der Waals surface area contributed by atoms with E-state index in [1.165, 1.54) is 18.3 Å². The van der Waals surface area contributed by atoms with Crippen LogP contribution in [0.2, 0.25) is 0 Å². The molecule has 16 heavy (non-hydrogen) atoms. The van der Waals surface area contributed by atoms with Crippen molar-refractivity contribution < 1.29 is 4.92 Å². The Bertz CT molecular complexity index is 467. The van der Waals surface area contributed by atoms with E-state index in [1.54, 1.807) is 6.07 Å². The number of hydrogen-bond acceptors (Lipinski definition) is 4. The van der Waals surface area contributed by atoms with Crippen LogP contribution in [0.5, 0.6) is 0 Å². The van der Waals surface area contributed by atoms with Gasteiger partial charge in [-0.15, -0.1) is 5.10 Å². The molecule has 7 nitrogen and oxygen atoms in total. The van der Waals surface area contributed by atoms with Gasteiger partial charge in [-0.1, -0.05) is 0 Å². The number of hydrogen-bond donors (Lipinski definition) is 2. The van der Waals surface area contributed by atoms with Gasteiger partial charge < -0.3 is 11.5 Å². The summed E-state index contributed by atoms with van der Waals surface area (Å²) in [5.41, 5.74) is 10.9. The first-order valence-corrected chi connectivity index (χ1v) is 5.14. The molecule has 8 heteroatoms. The van der Waals surface area contributed by atoms with E-state index in [0.29, 0.717) is 9.13 Å². The molecule has 0 fully saturated rings. The standard InChI is InChI=1S/C8H8IN5O2/c9-7-3-6(14(15)16)2-1-5(7)4-12-13-8(10)11/h1-4H,(H4,10,11,13). The van der Waals surface area contributed by atoms with Crippen LogP contribution in [0.1, 0.15) is 5.56 Å². The third kappa shape index (κ3) is 3.46. The lowest BCUT2D eigenvalue weighted by atomic mass is 10.2. The van der Waals surface area contributed by atoms with Gasteiger partial charge in [0, 0.05) is 21.3 Å². The molecule has 0 aliphatic rings. The fourth-order valence-electron chi connectivity index (χ4n) is 0.892. The SMILES string of the molecule is NC(N)=NN=Cc1ccc([N+](=O)[O-])cc1I.